The summed E-state index contributed by atoms with van der Waals surface area (Å²) in [6, 6.07) is 0. The molecule has 22 heavy (non-hydrogen) atoms. The smallest absolute Gasteiger partial charge is 0.410 e. The summed E-state index contributed by atoms with van der Waals surface area (Å²) < 4.78 is 5.01. The Morgan fingerprint density at radius 2 is 2.23 bits per heavy atom. The number of likely N-dealkylation sites (N-methyl/N-ethyl adjacent to an activating group) is 1. The lowest BCUT2D eigenvalue weighted by Gasteiger charge is -2.29. The monoisotopic (exact) mass is 307 g/mol. The fourth-order valence-electron chi connectivity index (χ4n) is 2.51. The fourth-order valence-corrected chi connectivity index (χ4v) is 2.51. The Kier molecular flexibility index (Phi) is 5.32. The molecule has 7 heteroatoms. The first kappa shape index (κ1) is 16.2. The van der Waals surface area contributed by atoms with Crippen LogP contribution in [0.3, 0.4) is 0 Å². The number of carbonyl (C=O) groups is 2. The van der Waals surface area contributed by atoms with Gasteiger partial charge in [0.2, 0.25) is 0 Å². The molecule has 0 unspecified atom stereocenters. The quantitative estimate of drug-likeness (QED) is 0.883. The first-order chi connectivity index (χ1) is 10.6. The number of nitrogens with zero attached hydrogens (tertiary/aromatic N) is 3. The van der Waals surface area contributed by atoms with Crippen molar-refractivity contribution < 1.29 is 19.4 Å². The van der Waals surface area contributed by atoms with E-state index in [0.717, 1.165) is 11.1 Å². The van der Waals surface area contributed by atoms with Gasteiger partial charge in [-0.3, -0.25) is 9.78 Å². The SMILES string of the molecule is CCOC(=O)N1CCc2c(cncc2C(=O)N(C)CCO)C1. The van der Waals surface area contributed by atoms with Gasteiger partial charge in [0, 0.05) is 32.5 Å². The van der Waals surface area contributed by atoms with Crippen LogP contribution in [-0.2, 0) is 17.7 Å². The molecule has 0 bridgehead atoms. The molecule has 1 aliphatic heterocycles. The van der Waals surface area contributed by atoms with Crippen molar-refractivity contribution in [2.24, 2.45) is 0 Å². The number of hydrogen-bond donors (Lipinski definition) is 1. The first-order valence-electron chi connectivity index (χ1n) is 7.32. The van der Waals surface area contributed by atoms with E-state index in [1.54, 1.807) is 31.3 Å². The van der Waals surface area contributed by atoms with Gasteiger partial charge in [-0.1, -0.05) is 0 Å². The average Bonchev–Trinajstić information content (AvgIpc) is 2.53. The van der Waals surface area contributed by atoms with Crippen LogP contribution >= 0.6 is 0 Å². The van der Waals surface area contributed by atoms with Crippen LogP contribution in [0.15, 0.2) is 12.4 Å². The molecule has 0 aliphatic carbocycles. The molecule has 0 fully saturated rings. The van der Waals surface area contributed by atoms with Crippen LogP contribution in [0.5, 0.6) is 0 Å². The molecule has 120 valence electrons. The van der Waals surface area contributed by atoms with Crippen molar-refractivity contribution in [3.8, 4) is 0 Å². The zero-order valence-corrected chi connectivity index (χ0v) is 12.9. The Bertz CT molecular complexity index is 562. The van der Waals surface area contributed by atoms with E-state index in [9.17, 15) is 9.59 Å². The van der Waals surface area contributed by atoms with E-state index in [2.05, 4.69) is 4.98 Å². The highest BCUT2D eigenvalue weighted by atomic mass is 16.6. The van der Waals surface area contributed by atoms with Crippen LogP contribution in [0, 0.1) is 0 Å². The van der Waals surface area contributed by atoms with Gasteiger partial charge < -0.3 is 19.6 Å². The van der Waals surface area contributed by atoms with Gasteiger partial charge in [-0.15, -0.1) is 0 Å². The van der Waals surface area contributed by atoms with Gasteiger partial charge in [0.1, 0.15) is 0 Å². The van der Waals surface area contributed by atoms with Crippen LogP contribution in [0.2, 0.25) is 0 Å². The van der Waals surface area contributed by atoms with Gasteiger partial charge in [0.25, 0.3) is 5.91 Å². The highest BCUT2D eigenvalue weighted by Gasteiger charge is 2.26. The highest BCUT2D eigenvalue weighted by Crippen LogP contribution is 2.23. The van der Waals surface area contributed by atoms with Gasteiger partial charge in [-0.25, -0.2) is 4.79 Å². The Morgan fingerprint density at radius 1 is 1.45 bits per heavy atom. The number of carbonyl (C=O) groups excluding carboxylic acids is 2. The van der Waals surface area contributed by atoms with Crippen LogP contribution in [0.4, 0.5) is 4.79 Å². The predicted octanol–water partition coefficient (Wildman–Crippen LogP) is 0.660. The van der Waals surface area contributed by atoms with Gasteiger partial charge in [-0.05, 0) is 24.5 Å². The highest BCUT2D eigenvalue weighted by molar-refractivity contribution is 5.95. The summed E-state index contributed by atoms with van der Waals surface area (Å²) in [4.78, 5) is 31.4. The number of hydrogen-bond acceptors (Lipinski definition) is 5. The Hall–Kier alpha value is -2.15. The molecule has 1 N–H and O–H groups in total. The molecular formula is C15H21N3O4. The van der Waals surface area contributed by atoms with Gasteiger partial charge in [0.15, 0.2) is 0 Å². The minimum absolute atomic E-state index is 0.0820. The summed E-state index contributed by atoms with van der Waals surface area (Å²) in [5.41, 5.74) is 2.32. The maximum Gasteiger partial charge on any atom is 0.410 e. The normalized spacial score (nSPS) is 13.5. The van der Waals surface area contributed by atoms with Crippen molar-refractivity contribution in [2.75, 3.05) is 33.4 Å². The van der Waals surface area contributed by atoms with Crippen molar-refractivity contribution in [3.63, 3.8) is 0 Å². The fraction of sp³-hybridized carbons (Fsp3) is 0.533. The summed E-state index contributed by atoms with van der Waals surface area (Å²) in [6.45, 7) is 3.21. The number of aromatic nitrogens is 1. The number of aliphatic hydroxyl groups excluding tert-OH is 1. The van der Waals surface area contributed by atoms with Crippen molar-refractivity contribution >= 4 is 12.0 Å². The second kappa shape index (κ2) is 7.22. The Balaban J connectivity index is 2.20. The van der Waals surface area contributed by atoms with E-state index in [0.29, 0.717) is 31.7 Å². The number of amides is 2. The standard InChI is InChI=1S/C15H21N3O4/c1-3-22-15(21)18-5-4-12-11(10-18)8-16-9-13(12)14(20)17(2)6-7-19/h8-9,19H,3-7,10H2,1-2H3. The number of pyridine rings is 1. The number of aliphatic hydroxyl groups is 1. The second-order valence-corrected chi connectivity index (χ2v) is 5.15. The third-order valence-corrected chi connectivity index (χ3v) is 3.68. The number of ether oxygens (including phenoxy) is 1. The minimum atomic E-state index is -0.345. The van der Waals surface area contributed by atoms with Crippen LogP contribution < -0.4 is 0 Å². The zero-order valence-electron chi connectivity index (χ0n) is 12.9. The lowest BCUT2D eigenvalue weighted by Crippen LogP contribution is -2.38. The predicted molar refractivity (Wildman–Crippen MR) is 79.4 cm³/mol. The topological polar surface area (TPSA) is 83.0 Å². The second-order valence-electron chi connectivity index (χ2n) is 5.15. The molecule has 0 aromatic carbocycles. The maximum atomic E-state index is 12.4. The van der Waals surface area contributed by atoms with Crippen molar-refractivity contribution in [1.82, 2.24) is 14.8 Å². The van der Waals surface area contributed by atoms with E-state index in [1.807, 2.05) is 0 Å². The molecule has 0 atom stereocenters. The van der Waals surface area contributed by atoms with Crippen LogP contribution in [0.1, 0.15) is 28.4 Å². The molecule has 0 radical (unpaired) electrons. The summed E-state index contributed by atoms with van der Waals surface area (Å²) in [5, 5.41) is 8.95. The lowest BCUT2D eigenvalue weighted by molar-refractivity contribution is 0.0764. The number of fused-ring (bicyclic) bond motifs is 1. The molecule has 0 spiro atoms. The molecular weight excluding hydrogens is 286 g/mol. The molecule has 2 amide bonds. The van der Waals surface area contributed by atoms with E-state index in [-0.39, 0.29) is 25.2 Å². The van der Waals surface area contributed by atoms with Crippen molar-refractivity contribution in [3.05, 3.63) is 29.1 Å². The lowest BCUT2D eigenvalue weighted by atomic mass is 9.96. The van der Waals surface area contributed by atoms with Gasteiger partial charge in [-0.2, -0.15) is 0 Å². The van der Waals surface area contributed by atoms with E-state index in [1.165, 1.54) is 4.90 Å². The summed E-state index contributed by atoms with van der Waals surface area (Å²) >= 11 is 0. The molecule has 7 nitrogen and oxygen atoms in total. The molecule has 2 rings (SSSR count). The van der Waals surface area contributed by atoms with Gasteiger partial charge in [0.05, 0.1) is 25.3 Å². The summed E-state index contributed by atoms with van der Waals surface area (Å²) in [7, 11) is 1.64. The van der Waals surface area contributed by atoms with E-state index < -0.39 is 0 Å². The average molecular weight is 307 g/mol. The van der Waals surface area contributed by atoms with E-state index in [4.69, 9.17) is 9.84 Å². The molecule has 1 aromatic rings. The molecule has 1 aromatic heterocycles. The summed E-state index contributed by atoms with van der Waals surface area (Å²) in [6.07, 6.45) is 3.48. The molecule has 1 aliphatic rings. The molecule has 0 saturated heterocycles. The Morgan fingerprint density at radius 3 is 2.91 bits per heavy atom. The van der Waals surface area contributed by atoms with Crippen molar-refractivity contribution in [2.45, 2.75) is 19.9 Å². The summed E-state index contributed by atoms with van der Waals surface area (Å²) in [5.74, 6) is -0.164. The van der Waals surface area contributed by atoms with Crippen LogP contribution in [0.25, 0.3) is 0 Å². The third kappa shape index (κ3) is 3.36. The zero-order chi connectivity index (χ0) is 16.1. The van der Waals surface area contributed by atoms with Crippen molar-refractivity contribution in [1.29, 1.82) is 0 Å². The van der Waals surface area contributed by atoms with Crippen LogP contribution in [-0.4, -0.2) is 65.2 Å². The minimum Gasteiger partial charge on any atom is -0.450 e. The maximum absolute atomic E-state index is 12.4. The Labute approximate surface area is 129 Å². The number of rotatable bonds is 4. The van der Waals surface area contributed by atoms with Gasteiger partial charge >= 0.3 is 6.09 Å². The molecule has 2 heterocycles. The first-order valence-corrected chi connectivity index (χ1v) is 7.32. The largest absolute Gasteiger partial charge is 0.450 e. The van der Waals surface area contributed by atoms with E-state index >= 15 is 0 Å². The molecule has 0 saturated carbocycles. The third-order valence-electron chi connectivity index (χ3n) is 3.68.